The van der Waals surface area contributed by atoms with E-state index in [9.17, 15) is 10.1 Å². The first-order valence-corrected chi connectivity index (χ1v) is 5.64. The fraction of sp³-hybridized carbons (Fsp3) is 0.154. The van der Waals surface area contributed by atoms with Crippen molar-refractivity contribution < 1.29 is 4.92 Å². The molecular formula is C13H13N3O2. The number of anilines is 1. The summed E-state index contributed by atoms with van der Waals surface area (Å²) in [5.41, 5.74) is 2.04. The Hall–Kier alpha value is -2.43. The monoisotopic (exact) mass is 243 g/mol. The Kier molecular flexibility index (Phi) is 3.86. The summed E-state index contributed by atoms with van der Waals surface area (Å²) in [5.74, 6) is -0.136. The molecule has 0 unspecified atom stereocenters. The molecule has 1 heterocycles. The molecule has 2 aromatic rings. The topological polar surface area (TPSA) is 68.1 Å². The Morgan fingerprint density at radius 1 is 1.17 bits per heavy atom. The lowest BCUT2D eigenvalue weighted by atomic mass is 10.1. The van der Waals surface area contributed by atoms with Crippen LogP contribution in [0.5, 0.6) is 0 Å². The van der Waals surface area contributed by atoms with E-state index in [4.69, 9.17) is 0 Å². The molecular weight excluding hydrogens is 230 g/mol. The third-order valence-electron chi connectivity index (χ3n) is 2.52. The Labute approximate surface area is 105 Å². The smallest absolute Gasteiger partial charge is 0.363 e. The lowest BCUT2D eigenvalue weighted by Crippen LogP contribution is -2.05. The van der Waals surface area contributed by atoms with Crippen LogP contribution in [0, 0.1) is 10.1 Å². The highest BCUT2D eigenvalue weighted by atomic mass is 16.6. The minimum atomic E-state index is -0.506. The Bertz CT molecular complexity index is 512. The lowest BCUT2D eigenvalue weighted by Gasteiger charge is -2.04. The van der Waals surface area contributed by atoms with Crippen LogP contribution in [0.2, 0.25) is 0 Å². The molecule has 0 amide bonds. The van der Waals surface area contributed by atoms with Crippen molar-refractivity contribution in [1.29, 1.82) is 0 Å². The van der Waals surface area contributed by atoms with Crippen molar-refractivity contribution in [3.05, 3.63) is 64.3 Å². The van der Waals surface area contributed by atoms with E-state index in [0.717, 1.165) is 18.7 Å². The Morgan fingerprint density at radius 3 is 2.56 bits per heavy atom. The largest absolute Gasteiger partial charge is 0.382 e. The maximum Gasteiger partial charge on any atom is 0.363 e. The van der Waals surface area contributed by atoms with Crippen LogP contribution in [0.1, 0.15) is 5.56 Å². The molecule has 0 aliphatic carbocycles. The van der Waals surface area contributed by atoms with Gasteiger partial charge in [0.05, 0.1) is 5.69 Å². The van der Waals surface area contributed by atoms with Crippen LogP contribution in [0.3, 0.4) is 0 Å². The second-order valence-electron chi connectivity index (χ2n) is 3.82. The number of hydrogen-bond acceptors (Lipinski definition) is 4. The third-order valence-corrected chi connectivity index (χ3v) is 2.52. The highest BCUT2D eigenvalue weighted by molar-refractivity contribution is 5.43. The molecule has 92 valence electrons. The highest BCUT2D eigenvalue weighted by Crippen LogP contribution is 2.11. The van der Waals surface area contributed by atoms with Crippen molar-refractivity contribution >= 4 is 11.5 Å². The van der Waals surface area contributed by atoms with Gasteiger partial charge in [-0.05, 0) is 28.0 Å². The number of pyridine rings is 1. The van der Waals surface area contributed by atoms with Gasteiger partial charge in [0.25, 0.3) is 0 Å². The van der Waals surface area contributed by atoms with E-state index < -0.39 is 4.92 Å². The van der Waals surface area contributed by atoms with Crippen LogP contribution in [0.15, 0.2) is 48.7 Å². The van der Waals surface area contributed by atoms with Gasteiger partial charge < -0.3 is 15.4 Å². The number of nitro groups is 1. The van der Waals surface area contributed by atoms with Crippen molar-refractivity contribution in [1.82, 2.24) is 4.98 Å². The first kappa shape index (κ1) is 12.0. The van der Waals surface area contributed by atoms with E-state index in [2.05, 4.69) is 22.4 Å². The van der Waals surface area contributed by atoms with E-state index in [0.29, 0.717) is 0 Å². The first-order valence-electron chi connectivity index (χ1n) is 5.64. The van der Waals surface area contributed by atoms with Crippen LogP contribution < -0.4 is 5.32 Å². The average molecular weight is 243 g/mol. The third kappa shape index (κ3) is 3.28. The molecule has 18 heavy (non-hydrogen) atoms. The summed E-state index contributed by atoms with van der Waals surface area (Å²) in [7, 11) is 0. The number of nitrogens with one attached hydrogen (secondary N) is 1. The molecule has 5 nitrogen and oxygen atoms in total. The molecule has 2 rings (SSSR count). The van der Waals surface area contributed by atoms with Gasteiger partial charge in [-0.15, -0.1) is 0 Å². The molecule has 0 saturated heterocycles. The molecule has 0 fully saturated rings. The SMILES string of the molecule is O=[N+]([O-])c1ccc(NCCc2ccccc2)cn1. The van der Waals surface area contributed by atoms with Crippen molar-refractivity contribution in [3.8, 4) is 0 Å². The highest BCUT2D eigenvalue weighted by Gasteiger charge is 2.05. The predicted octanol–water partition coefficient (Wildman–Crippen LogP) is 2.64. The van der Waals surface area contributed by atoms with E-state index in [1.165, 1.54) is 17.8 Å². The molecule has 0 bridgehead atoms. The van der Waals surface area contributed by atoms with Crippen molar-refractivity contribution in [2.75, 3.05) is 11.9 Å². The average Bonchev–Trinajstić information content (AvgIpc) is 2.40. The molecule has 0 aliphatic heterocycles. The standard InChI is InChI=1S/C13H13N3O2/c17-16(18)13-7-6-12(10-15-13)14-9-8-11-4-2-1-3-5-11/h1-7,10,14H,8-9H2. The molecule has 5 heteroatoms. The zero-order valence-electron chi connectivity index (χ0n) is 9.74. The Balaban J connectivity index is 1.85. The molecule has 0 saturated carbocycles. The number of nitrogens with zero attached hydrogens (tertiary/aromatic N) is 2. The number of hydrogen-bond donors (Lipinski definition) is 1. The minimum absolute atomic E-state index is 0.136. The van der Waals surface area contributed by atoms with Crippen LogP contribution >= 0.6 is 0 Å². The van der Waals surface area contributed by atoms with Crippen molar-refractivity contribution in [2.24, 2.45) is 0 Å². The number of benzene rings is 1. The Morgan fingerprint density at radius 2 is 1.94 bits per heavy atom. The lowest BCUT2D eigenvalue weighted by molar-refractivity contribution is -0.389. The predicted molar refractivity (Wildman–Crippen MR) is 69.5 cm³/mol. The molecule has 1 aromatic heterocycles. The normalized spacial score (nSPS) is 10.0. The summed E-state index contributed by atoms with van der Waals surface area (Å²) in [6, 6.07) is 13.2. The number of rotatable bonds is 5. The molecule has 0 spiro atoms. The molecule has 1 aromatic carbocycles. The van der Waals surface area contributed by atoms with Gasteiger partial charge in [0.15, 0.2) is 6.20 Å². The van der Waals surface area contributed by atoms with Crippen LogP contribution in [-0.2, 0) is 6.42 Å². The fourth-order valence-corrected chi connectivity index (χ4v) is 1.59. The van der Waals surface area contributed by atoms with Gasteiger partial charge in [0.1, 0.15) is 0 Å². The van der Waals surface area contributed by atoms with E-state index in [1.54, 1.807) is 6.07 Å². The van der Waals surface area contributed by atoms with E-state index in [-0.39, 0.29) is 5.82 Å². The maximum atomic E-state index is 10.4. The molecule has 0 radical (unpaired) electrons. The quantitative estimate of drug-likeness (QED) is 0.647. The van der Waals surface area contributed by atoms with Gasteiger partial charge in [-0.3, -0.25) is 0 Å². The zero-order chi connectivity index (χ0) is 12.8. The summed E-state index contributed by atoms with van der Waals surface area (Å²) in [6.45, 7) is 0.767. The summed E-state index contributed by atoms with van der Waals surface area (Å²) in [5, 5.41) is 13.6. The summed E-state index contributed by atoms with van der Waals surface area (Å²) in [4.78, 5) is 13.7. The zero-order valence-corrected chi connectivity index (χ0v) is 9.74. The second-order valence-corrected chi connectivity index (χ2v) is 3.82. The van der Waals surface area contributed by atoms with Crippen molar-refractivity contribution in [3.63, 3.8) is 0 Å². The van der Waals surface area contributed by atoms with Gasteiger partial charge in [0, 0.05) is 12.6 Å². The van der Waals surface area contributed by atoms with E-state index in [1.807, 2.05) is 18.2 Å². The summed E-state index contributed by atoms with van der Waals surface area (Å²) in [6.07, 6.45) is 2.38. The van der Waals surface area contributed by atoms with Crippen LogP contribution in [0.25, 0.3) is 0 Å². The molecule has 0 aliphatic rings. The van der Waals surface area contributed by atoms with Crippen LogP contribution in [0.4, 0.5) is 11.5 Å². The summed E-state index contributed by atoms with van der Waals surface area (Å²) >= 11 is 0. The fourth-order valence-electron chi connectivity index (χ4n) is 1.59. The van der Waals surface area contributed by atoms with Crippen LogP contribution in [-0.4, -0.2) is 16.5 Å². The number of aromatic nitrogens is 1. The maximum absolute atomic E-state index is 10.4. The van der Waals surface area contributed by atoms with Gasteiger partial charge in [0.2, 0.25) is 0 Å². The summed E-state index contributed by atoms with van der Waals surface area (Å²) < 4.78 is 0. The van der Waals surface area contributed by atoms with E-state index >= 15 is 0 Å². The van der Waals surface area contributed by atoms with Gasteiger partial charge in [-0.25, -0.2) is 0 Å². The first-order chi connectivity index (χ1) is 8.75. The van der Waals surface area contributed by atoms with Gasteiger partial charge in [-0.2, -0.15) is 0 Å². The van der Waals surface area contributed by atoms with Gasteiger partial charge in [-0.1, -0.05) is 30.3 Å². The van der Waals surface area contributed by atoms with Gasteiger partial charge >= 0.3 is 5.82 Å². The molecule has 1 N–H and O–H groups in total. The second kappa shape index (κ2) is 5.77. The van der Waals surface area contributed by atoms with Crippen molar-refractivity contribution in [2.45, 2.75) is 6.42 Å². The minimum Gasteiger partial charge on any atom is -0.382 e. The molecule has 0 atom stereocenters.